The summed E-state index contributed by atoms with van der Waals surface area (Å²) in [5, 5.41) is 12.4. The highest BCUT2D eigenvalue weighted by atomic mass is 16.5. The number of carbonyl (C=O) groups is 1. The fourth-order valence-corrected chi connectivity index (χ4v) is 1.85. The van der Waals surface area contributed by atoms with Crippen LogP contribution in [0, 0.1) is 5.92 Å². The first kappa shape index (κ1) is 15.3. The van der Waals surface area contributed by atoms with Crippen LogP contribution in [0.1, 0.15) is 30.6 Å². The van der Waals surface area contributed by atoms with Crippen LogP contribution in [0.5, 0.6) is 11.5 Å². The Kier molecular flexibility index (Phi) is 5.63. The standard InChI is InChI=1S/C14H22N2O3/c1-9(2)6-11(15)8-16-14(18)10-4-5-13(19-3)12(17)7-10/h4-5,7,9,11,17H,6,8,15H2,1-3H3,(H,16,18). The summed E-state index contributed by atoms with van der Waals surface area (Å²) in [5.74, 6) is 0.531. The number of hydrogen-bond acceptors (Lipinski definition) is 4. The first-order valence-corrected chi connectivity index (χ1v) is 6.34. The Morgan fingerprint density at radius 2 is 2.16 bits per heavy atom. The summed E-state index contributed by atoms with van der Waals surface area (Å²) in [4.78, 5) is 11.9. The van der Waals surface area contributed by atoms with Gasteiger partial charge in [0.1, 0.15) is 0 Å². The van der Waals surface area contributed by atoms with E-state index in [1.54, 1.807) is 12.1 Å². The van der Waals surface area contributed by atoms with E-state index in [1.807, 2.05) is 0 Å². The average Bonchev–Trinajstić information content (AvgIpc) is 2.35. The Balaban J connectivity index is 2.56. The molecule has 0 saturated heterocycles. The zero-order valence-electron chi connectivity index (χ0n) is 11.6. The van der Waals surface area contributed by atoms with Crippen molar-refractivity contribution in [3.63, 3.8) is 0 Å². The number of ether oxygens (including phenoxy) is 1. The molecule has 0 heterocycles. The van der Waals surface area contributed by atoms with Crippen LogP contribution in [0.25, 0.3) is 0 Å². The van der Waals surface area contributed by atoms with Crippen molar-refractivity contribution in [2.75, 3.05) is 13.7 Å². The number of phenols is 1. The normalized spacial score (nSPS) is 12.3. The average molecular weight is 266 g/mol. The van der Waals surface area contributed by atoms with E-state index in [2.05, 4.69) is 19.2 Å². The number of nitrogens with two attached hydrogens (primary N) is 1. The third kappa shape index (κ3) is 4.79. The summed E-state index contributed by atoms with van der Waals surface area (Å²) < 4.78 is 4.92. The van der Waals surface area contributed by atoms with Crippen LogP contribution in [0.15, 0.2) is 18.2 Å². The van der Waals surface area contributed by atoms with Gasteiger partial charge in [0, 0.05) is 18.2 Å². The Morgan fingerprint density at radius 1 is 1.47 bits per heavy atom. The molecule has 1 unspecified atom stereocenters. The van der Waals surface area contributed by atoms with Gasteiger partial charge in [-0.05, 0) is 30.5 Å². The molecule has 0 fully saturated rings. The van der Waals surface area contributed by atoms with Crippen molar-refractivity contribution in [1.82, 2.24) is 5.32 Å². The second-order valence-corrected chi connectivity index (χ2v) is 4.99. The molecule has 1 rings (SSSR count). The molecule has 0 aliphatic rings. The quantitative estimate of drug-likeness (QED) is 0.728. The van der Waals surface area contributed by atoms with Gasteiger partial charge in [0.25, 0.3) is 5.91 Å². The van der Waals surface area contributed by atoms with Crippen LogP contribution in [-0.4, -0.2) is 30.7 Å². The maximum Gasteiger partial charge on any atom is 0.251 e. The Bertz CT molecular complexity index is 433. The molecule has 19 heavy (non-hydrogen) atoms. The lowest BCUT2D eigenvalue weighted by molar-refractivity contribution is 0.0949. The first-order chi connectivity index (χ1) is 8.93. The Morgan fingerprint density at radius 3 is 2.68 bits per heavy atom. The summed E-state index contributed by atoms with van der Waals surface area (Å²) in [6, 6.07) is 4.47. The third-order valence-corrected chi connectivity index (χ3v) is 2.74. The predicted molar refractivity (Wildman–Crippen MR) is 74.4 cm³/mol. The maximum absolute atomic E-state index is 11.9. The van der Waals surface area contributed by atoms with Crippen molar-refractivity contribution < 1.29 is 14.6 Å². The number of nitrogens with one attached hydrogen (secondary N) is 1. The minimum Gasteiger partial charge on any atom is -0.504 e. The maximum atomic E-state index is 11.9. The van der Waals surface area contributed by atoms with Crippen LogP contribution < -0.4 is 15.8 Å². The third-order valence-electron chi connectivity index (χ3n) is 2.74. The molecule has 1 atom stereocenters. The highest BCUT2D eigenvalue weighted by Crippen LogP contribution is 2.26. The Hall–Kier alpha value is -1.75. The van der Waals surface area contributed by atoms with Crippen molar-refractivity contribution in [2.24, 2.45) is 11.7 Å². The second-order valence-electron chi connectivity index (χ2n) is 4.99. The Labute approximate surface area is 113 Å². The molecule has 0 radical (unpaired) electrons. The molecule has 1 amide bonds. The summed E-state index contributed by atoms with van der Waals surface area (Å²) in [6.45, 7) is 4.59. The molecule has 5 nitrogen and oxygen atoms in total. The highest BCUT2D eigenvalue weighted by molar-refractivity contribution is 5.94. The number of amides is 1. The fourth-order valence-electron chi connectivity index (χ4n) is 1.85. The minimum atomic E-state index is -0.253. The second kappa shape index (κ2) is 6.99. The molecule has 1 aromatic carbocycles. The number of rotatable bonds is 6. The lowest BCUT2D eigenvalue weighted by Gasteiger charge is -2.15. The molecule has 0 saturated carbocycles. The van der Waals surface area contributed by atoms with Crippen molar-refractivity contribution in [2.45, 2.75) is 26.3 Å². The number of hydrogen-bond donors (Lipinski definition) is 3. The molecule has 0 aliphatic heterocycles. The van der Waals surface area contributed by atoms with Gasteiger partial charge >= 0.3 is 0 Å². The number of carbonyl (C=O) groups excluding carboxylic acids is 1. The number of benzene rings is 1. The summed E-state index contributed by atoms with van der Waals surface area (Å²) in [5.41, 5.74) is 6.28. The largest absolute Gasteiger partial charge is 0.504 e. The van der Waals surface area contributed by atoms with Crippen LogP contribution in [0.4, 0.5) is 0 Å². The van der Waals surface area contributed by atoms with Gasteiger partial charge < -0.3 is 20.9 Å². The molecule has 106 valence electrons. The van der Waals surface area contributed by atoms with Crippen molar-refractivity contribution in [1.29, 1.82) is 0 Å². The zero-order valence-corrected chi connectivity index (χ0v) is 11.6. The van der Waals surface area contributed by atoms with E-state index in [1.165, 1.54) is 13.2 Å². The zero-order chi connectivity index (χ0) is 14.4. The summed E-state index contributed by atoms with van der Waals surface area (Å²) in [6.07, 6.45) is 0.855. The van der Waals surface area contributed by atoms with Gasteiger partial charge in [-0.25, -0.2) is 0 Å². The van der Waals surface area contributed by atoms with Crippen LogP contribution in [0.3, 0.4) is 0 Å². The van der Waals surface area contributed by atoms with E-state index in [0.717, 1.165) is 6.42 Å². The van der Waals surface area contributed by atoms with Gasteiger partial charge in [0.05, 0.1) is 7.11 Å². The predicted octanol–water partition coefficient (Wildman–Crippen LogP) is 1.50. The topological polar surface area (TPSA) is 84.6 Å². The molecule has 4 N–H and O–H groups in total. The lowest BCUT2D eigenvalue weighted by Crippen LogP contribution is -2.38. The molecule has 1 aromatic rings. The van der Waals surface area contributed by atoms with E-state index in [-0.39, 0.29) is 17.7 Å². The van der Waals surface area contributed by atoms with E-state index in [4.69, 9.17) is 10.5 Å². The van der Waals surface area contributed by atoms with Gasteiger partial charge in [-0.1, -0.05) is 13.8 Å². The summed E-state index contributed by atoms with van der Waals surface area (Å²) in [7, 11) is 1.46. The first-order valence-electron chi connectivity index (χ1n) is 6.34. The number of aromatic hydroxyl groups is 1. The van der Waals surface area contributed by atoms with Gasteiger partial charge in [-0.15, -0.1) is 0 Å². The number of phenolic OH excluding ortho intramolecular Hbond substituents is 1. The van der Waals surface area contributed by atoms with Gasteiger partial charge in [-0.2, -0.15) is 0 Å². The van der Waals surface area contributed by atoms with E-state index in [9.17, 15) is 9.90 Å². The highest BCUT2D eigenvalue weighted by Gasteiger charge is 2.11. The molecule has 0 bridgehead atoms. The van der Waals surface area contributed by atoms with Crippen molar-refractivity contribution in [3.05, 3.63) is 23.8 Å². The number of methoxy groups -OCH3 is 1. The van der Waals surface area contributed by atoms with Crippen LogP contribution in [-0.2, 0) is 0 Å². The van der Waals surface area contributed by atoms with Crippen LogP contribution >= 0.6 is 0 Å². The molecule has 0 aliphatic carbocycles. The minimum absolute atomic E-state index is 0.0540. The van der Waals surface area contributed by atoms with Gasteiger partial charge in [-0.3, -0.25) is 4.79 Å². The molecular formula is C14H22N2O3. The van der Waals surface area contributed by atoms with E-state index >= 15 is 0 Å². The fraction of sp³-hybridized carbons (Fsp3) is 0.500. The summed E-state index contributed by atoms with van der Waals surface area (Å²) >= 11 is 0. The van der Waals surface area contributed by atoms with Crippen molar-refractivity contribution in [3.8, 4) is 11.5 Å². The monoisotopic (exact) mass is 266 g/mol. The van der Waals surface area contributed by atoms with E-state index < -0.39 is 0 Å². The molecule has 5 heteroatoms. The smallest absolute Gasteiger partial charge is 0.251 e. The molecule has 0 aromatic heterocycles. The van der Waals surface area contributed by atoms with Gasteiger partial charge in [0.15, 0.2) is 11.5 Å². The van der Waals surface area contributed by atoms with Gasteiger partial charge in [0.2, 0.25) is 0 Å². The molecule has 0 spiro atoms. The SMILES string of the molecule is COc1ccc(C(=O)NCC(N)CC(C)C)cc1O. The lowest BCUT2D eigenvalue weighted by atomic mass is 10.0. The van der Waals surface area contributed by atoms with Crippen LogP contribution in [0.2, 0.25) is 0 Å². The van der Waals surface area contributed by atoms with E-state index in [0.29, 0.717) is 23.8 Å². The van der Waals surface area contributed by atoms with Crippen molar-refractivity contribution >= 4 is 5.91 Å². The molecular weight excluding hydrogens is 244 g/mol.